The molecule has 7 nitrogen and oxygen atoms in total. The van der Waals surface area contributed by atoms with Crippen molar-refractivity contribution in [3.05, 3.63) is 18.0 Å². The molecule has 0 spiro atoms. The maximum atomic E-state index is 11.9. The number of ether oxygens (including phenoxy) is 1. The van der Waals surface area contributed by atoms with Crippen molar-refractivity contribution in [3.8, 4) is 0 Å². The van der Waals surface area contributed by atoms with E-state index < -0.39 is 23.7 Å². The quantitative estimate of drug-likeness (QED) is 0.871. The van der Waals surface area contributed by atoms with Gasteiger partial charge in [-0.25, -0.2) is 4.79 Å². The molecule has 0 saturated carbocycles. The summed E-state index contributed by atoms with van der Waals surface area (Å²) in [6, 6.07) is 1.07. The summed E-state index contributed by atoms with van der Waals surface area (Å²) in [6.07, 6.45) is 0.698. The number of carboxylic acid groups (broad SMARTS) is 1. The summed E-state index contributed by atoms with van der Waals surface area (Å²) in [7, 11) is 0. The Morgan fingerprint density at radius 1 is 1.43 bits per heavy atom. The van der Waals surface area contributed by atoms with Crippen molar-refractivity contribution in [2.45, 2.75) is 58.7 Å². The van der Waals surface area contributed by atoms with E-state index in [-0.39, 0.29) is 12.5 Å². The smallest absolute Gasteiger partial charge is 0.408 e. The number of carboxylic acids is 1. The number of aromatic nitrogens is 2. The zero-order valence-corrected chi connectivity index (χ0v) is 13.1. The predicted molar refractivity (Wildman–Crippen MR) is 77.0 cm³/mol. The van der Waals surface area contributed by atoms with Crippen LogP contribution in [-0.4, -0.2) is 32.6 Å². The highest BCUT2D eigenvalue weighted by atomic mass is 16.6. The minimum Gasteiger partial charge on any atom is -0.481 e. The molecule has 0 aliphatic carbocycles. The van der Waals surface area contributed by atoms with Gasteiger partial charge in [0.2, 0.25) is 0 Å². The largest absolute Gasteiger partial charge is 0.481 e. The van der Waals surface area contributed by atoms with Crippen LogP contribution in [0.2, 0.25) is 0 Å². The molecule has 0 aliphatic rings. The Bertz CT molecular complexity index is 503. The highest BCUT2D eigenvalue weighted by Crippen LogP contribution is 2.20. The van der Waals surface area contributed by atoms with Crippen molar-refractivity contribution in [2.75, 3.05) is 0 Å². The van der Waals surface area contributed by atoms with Gasteiger partial charge >= 0.3 is 12.1 Å². The molecule has 0 radical (unpaired) electrons. The maximum Gasteiger partial charge on any atom is 0.408 e. The third-order valence-electron chi connectivity index (χ3n) is 2.62. The highest BCUT2D eigenvalue weighted by Gasteiger charge is 2.25. The van der Waals surface area contributed by atoms with Gasteiger partial charge < -0.3 is 15.2 Å². The van der Waals surface area contributed by atoms with E-state index in [1.165, 1.54) is 0 Å². The fourth-order valence-electron chi connectivity index (χ4n) is 1.89. The summed E-state index contributed by atoms with van der Waals surface area (Å²) >= 11 is 0. The zero-order valence-electron chi connectivity index (χ0n) is 13.1. The molecule has 1 aromatic heterocycles. The van der Waals surface area contributed by atoms with Gasteiger partial charge in [-0.05, 0) is 40.7 Å². The molecule has 118 valence electrons. The van der Waals surface area contributed by atoms with Gasteiger partial charge in [0.25, 0.3) is 0 Å². The standard InChI is InChI=1S/C14H23N3O4/c1-9(2)17-11(6-7-15-17)10(8-12(18)19)16-13(20)21-14(3,4)5/h6-7,9-10H,8H2,1-5H3,(H,16,20)(H,18,19)/t10-/m1/s1. The second-order valence-corrected chi connectivity index (χ2v) is 6.09. The van der Waals surface area contributed by atoms with E-state index in [1.807, 2.05) is 13.8 Å². The van der Waals surface area contributed by atoms with Crippen molar-refractivity contribution in [1.29, 1.82) is 0 Å². The van der Waals surface area contributed by atoms with Crippen LogP contribution < -0.4 is 5.32 Å². The third-order valence-corrected chi connectivity index (χ3v) is 2.62. The van der Waals surface area contributed by atoms with Crippen LogP contribution in [0.25, 0.3) is 0 Å². The predicted octanol–water partition coefficient (Wildman–Crippen LogP) is 2.50. The summed E-state index contributed by atoms with van der Waals surface area (Å²) in [6.45, 7) is 9.11. The van der Waals surface area contributed by atoms with Crippen molar-refractivity contribution in [1.82, 2.24) is 15.1 Å². The third kappa shape index (κ3) is 5.45. The number of hydrogen-bond donors (Lipinski definition) is 2. The van der Waals surface area contributed by atoms with Gasteiger partial charge in [0.05, 0.1) is 18.2 Å². The molecule has 7 heteroatoms. The number of aliphatic carboxylic acids is 1. The highest BCUT2D eigenvalue weighted by molar-refractivity contribution is 5.72. The topological polar surface area (TPSA) is 93.5 Å². The van der Waals surface area contributed by atoms with Gasteiger partial charge in [0.15, 0.2) is 0 Å². The minimum atomic E-state index is -1.01. The van der Waals surface area contributed by atoms with Gasteiger partial charge in [-0.1, -0.05) is 0 Å². The van der Waals surface area contributed by atoms with Crippen LogP contribution in [0.15, 0.2) is 12.3 Å². The first kappa shape index (κ1) is 17.0. The van der Waals surface area contributed by atoms with Crippen molar-refractivity contribution in [2.24, 2.45) is 0 Å². The van der Waals surface area contributed by atoms with E-state index in [1.54, 1.807) is 37.7 Å². The first-order valence-corrected chi connectivity index (χ1v) is 6.85. The Balaban J connectivity index is 2.93. The number of nitrogens with zero attached hydrogens (tertiary/aromatic N) is 2. The first-order chi connectivity index (χ1) is 9.60. The van der Waals surface area contributed by atoms with Gasteiger partial charge in [-0.15, -0.1) is 0 Å². The number of rotatable bonds is 5. The van der Waals surface area contributed by atoms with Gasteiger partial charge in [0, 0.05) is 12.2 Å². The molecule has 1 heterocycles. The van der Waals surface area contributed by atoms with Gasteiger partial charge in [-0.2, -0.15) is 5.10 Å². The zero-order chi connectivity index (χ0) is 16.2. The fourth-order valence-corrected chi connectivity index (χ4v) is 1.89. The lowest BCUT2D eigenvalue weighted by Crippen LogP contribution is -2.36. The van der Waals surface area contributed by atoms with Crippen LogP contribution in [0.1, 0.15) is 58.8 Å². The van der Waals surface area contributed by atoms with E-state index in [0.29, 0.717) is 5.69 Å². The van der Waals surface area contributed by atoms with Crippen molar-refractivity contribution in [3.63, 3.8) is 0 Å². The Morgan fingerprint density at radius 3 is 2.52 bits per heavy atom. The van der Waals surface area contributed by atoms with Crippen LogP contribution in [-0.2, 0) is 9.53 Å². The number of alkyl carbamates (subject to hydrolysis) is 1. The fraction of sp³-hybridized carbons (Fsp3) is 0.643. The normalized spacial score (nSPS) is 13.0. The molecule has 21 heavy (non-hydrogen) atoms. The van der Waals surface area contributed by atoms with Crippen LogP contribution in [0, 0.1) is 0 Å². The minimum absolute atomic E-state index is 0.0618. The Kier molecular flexibility index (Phi) is 5.34. The van der Waals surface area contributed by atoms with E-state index in [2.05, 4.69) is 10.4 Å². The molecule has 1 rings (SSSR count). The Morgan fingerprint density at radius 2 is 2.05 bits per heavy atom. The molecule has 0 aliphatic heterocycles. The molecule has 0 aromatic carbocycles. The number of carbonyl (C=O) groups is 2. The monoisotopic (exact) mass is 297 g/mol. The summed E-state index contributed by atoms with van der Waals surface area (Å²) in [5.74, 6) is -1.01. The summed E-state index contributed by atoms with van der Waals surface area (Å²) < 4.78 is 6.86. The maximum absolute atomic E-state index is 11.9. The lowest BCUT2D eigenvalue weighted by Gasteiger charge is -2.24. The van der Waals surface area contributed by atoms with Crippen molar-refractivity contribution < 1.29 is 19.4 Å². The van der Waals surface area contributed by atoms with Crippen LogP contribution >= 0.6 is 0 Å². The molecule has 1 aromatic rings. The van der Waals surface area contributed by atoms with E-state index in [0.717, 1.165) is 0 Å². The second kappa shape index (κ2) is 6.60. The van der Waals surface area contributed by atoms with E-state index in [4.69, 9.17) is 9.84 Å². The van der Waals surface area contributed by atoms with E-state index >= 15 is 0 Å². The van der Waals surface area contributed by atoms with Crippen LogP contribution in [0.4, 0.5) is 4.79 Å². The number of nitrogens with one attached hydrogen (secondary N) is 1. The van der Waals surface area contributed by atoms with Crippen LogP contribution in [0.5, 0.6) is 0 Å². The molecule has 1 amide bonds. The Hall–Kier alpha value is -2.05. The molecular formula is C14H23N3O4. The number of carbonyl (C=O) groups excluding carboxylic acids is 1. The molecular weight excluding hydrogens is 274 g/mol. The summed E-state index contributed by atoms with van der Waals surface area (Å²) in [4.78, 5) is 22.9. The molecule has 0 fully saturated rings. The van der Waals surface area contributed by atoms with E-state index in [9.17, 15) is 9.59 Å². The molecule has 2 N–H and O–H groups in total. The SMILES string of the molecule is CC(C)n1nccc1[C@@H](CC(=O)O)NC(=O)OC(C)(C)C. The van der Waals surface area contributed by atoms with Crippen molar-refractivity contribution >= 4 is 12.1 Å². The molecule has 0 saturated heterocycles. The first-order valence-electron chi connectivity index (χ1n) is 6.85. The average molecular weight is 297 g/mol. The molecule has 0 bridgehead atoms. The number of hydrogen-bond acceptors (Lipinski definition) is 4. The summed E-state index contributed by atoms with van der Waals surface area (Å²) in [5, 5.41) is 15.8. The second-order valence-electron chi connectivity index (χ2n) is 6.09. The van der Waals surface area contributed by atoms with Gasteiger partial charge in [-0.3, -0.25) is 9.48 Å². The summed E-state index contributed by atoms with van der Waals surface area (Å²) in [5.41, 5.74) is -0.00543. The number of amides is 1. The van der Waals surface area contributed by atoms with Crippen LogP contribution in [0.3, 0.4) is 0 Å². The molecule has 0 unspecified atom stereocenters. The Labute approximate surface area is 124 Å². The molecule has 1 atom stereocenters. The van der Waals surface area contributed by atoms with Gasteiger partial charge in [0.1, 0.15) is 5.60 Å². The average Bonchev–Trinajstić information content (AvgIpc) is 2.73. The lowest BCUT2D eigenvalue weighted by molar-refractivity contribution is -0.137. The lowest BCUT2D eigenvalue weighted by atomic mass is 10.1.